The van der Waals surface area contributed by atoms with Crippen LogP contribution in [0.3, 0.4) is 0 Å². The molecule has 1 saturated heterocycles. The van der Waals surface area contributed by atoms with Gasteiger partial charge in [0.25, 0.3) is 0 Å². The Bertz CT molecular complexity index is 388. The first kappa shape index (κ1) is 13.9. The van der Waals surface area contributed by atoms with Crippen molar-refractivity contribution >= 4 is 6.03 Å². The first-order valence-electron chi connectivity index (χ1n) is 7.10. The number of carbonyl (C=O) groups is 1. The summed E-state index contributed by atoms with van der Waals surface area (Å²) in [6.45, 7) is 2.40. The van der Waals surface area contributed by atoms with Crippen LogP contribution in [0.2, 0.25) is 0 Å². The molecule has 19 heavy (non-hydrogen) atoms. The molecule has 1 heterocycles. The van der Waals surface area contributed by atoms with Crippen molar-refractivity contribution in [1.82, 2.24) is 10.2 Å². The van der Waals surface area contributed by atoms with Gasteiger partial charge in [-0.1, -0.05) is 30.3 Å². The largest absolute Gasteiger partial charge is 0.338 e. The predicted octanol–water partition coefficient (Wildman–Crippen LogP) is 2.27. The summed E-state index contributed by atoms with van der Waals surface area (Å²) >= 11 is 0. The molecule has 2 amide bonds. The predicted molar refractivity (Wildman–Crippen MR) is 76.8 cm³/mol. The third-order valence-electron chi connectivity index (χ3n) is 3.60. The summed E-state index contributed by atoms with van der Waals surface area (Å²) in [5, 5.41) is 2.96. The van der Waals surface area contributed by atoms with E-state index in [-0.39, 0.29) is 12.1 Å². The number of rotatable bonds is 4. The minimum Gasteiger partial charge on any atom is -0.338 e. The van der Waals surface area contributed by atoms with Crippen molar-refractivity contribution < 1.29 is 4.79 Å². The van der Waals surface area contributed by atoms with Gasteiger partial charge in [-0.15, -0.1) is 0 Å². The maximum absolute atomic E-state index is 11.9. The SMILES string of the molecule is NC(CCNC(=O)N1CCCCC1)c1ccccc1. The molecule has 1 aromatic carbocycles. The molecule has 4 nitrogen and oxygen atoms in total. The average Bonchev–Trinajstić information content (AvgIpc) is 2.49. The molecule has 0 aromatic heterocycles. The van der Waals surface area contributed by atoms with Gasteiger partial charge < -0.3 is 16.0 Å². The van der Waals surface area contributed by atoms with Crippen LogP contribution in [0.5, 0.6) is 0 Å². The molecule has 0 aliphatic carbocycles. The first-order valence-corrected chi connectivity index (χ1v) is 7.10. The van der Waals surface area contributed by atoms with Crippen LogP contribution in [0.4, 0.5) is 4.79 Å². The van der Waals surface area contributed by atoms with Crippen molar-refractivity contribution in [2.75, 3.05) is 19.6 Å². The number of piperidine rings is 1. The van der Waals surface area contributed by atoms with Crippen LogP contribution in [-0.2, 0) is 0 Å². The second kappa shape index (κ2) is 7.14. The number of carbonyl (C=O) groups excluding carboxylic acids is 1. The molecular formula is C15H23N3O. The fourth-order valence-corrected chi connectivity index (χ4v) is 2.41. The maximum Gasteiger partial charge on any atom is 0.317 e. The lowest BCUT2D eigenvalue weighted by Crippen LogP contribution is -2.43. The summed E-state index contributed by atoms with van der Waals surface area (Å²) in [6.07, 6.45) is 4.25. The van der Waals surface area contributed by atoms with Gasteiger partial charge in [0.05, 0.1) is 0 Å². The second-order valence-corrected chi connectivity index (χ2v) is 5.09. The Balaban J connectivity index is 1.69. The normalized spacial score (nSPS) is 17.0. The quantitative estimate of drug-likeness (QED) is 0.873. The number of nitrogens with one attached hydrogen (secondary N) is 1. The zero-order valence-corrected chi connectivity index (χ0v) is 11.3. The molecule has 104 valence electrons. The molecule has 0 saturated carbocycles. The Morgan fingerprint density at radius 1 is 1.21 bits per heavy atom. The van der Waals surface area contributed by atoms with E-state index in [1.54, 1.807) is 0 Å². The highest BCUT2D eigenvalue weighted by atomic mass is 16.2. The van der Waals surface area contributed by atoms with Crippen molar-refractivity contribution in [3.8, 4) is 0 Å². The third-order valence-corrected chi connectivity index (χ3v) is 3.60. The van der Waals surface area contributed by atoms with E-state index in [1.807, 2.05) is 35.2 Å². The van der Waals surface area contributed by atoms with Crippen molar-refractivity contribution in [2.45, 2.75) is 31.7 Å². The molecular weight excluding hydrogens is 238 g/mol. The van der Waals surface area contributed by atoms with Gasteiger partial charge in [0.15, 0.2) is 0 Å². The van der Waals surface area contributed by atoms with E-state index in [2.05, 4.69) is 5.32 Å². The van der Waals surface area contributed by atoms with Gasteiger partial charge in [0, 0.05) is 25.7 Å². The monoisotopic (exact) mass is 261 g/mol. The standard InChI is InChI=1S/C15H23N3O/c16-14(13-7-3-1-4-8-13)9-10-17-15(19)18-11-5-2-6-12-18/h1,3-4,7-8,14H,2,5-6,9-12,16H2,(H,17,19). The lowest BCUT2D eigenvalue weighted by Gasteiger charge is -2.27. The molecule has 0 spiro atoms. The van der Waals surface area contributed by atoms with Crippen LogP contribution in [0, 0.1) is 0 Å². The van der Waals surface area contributed by atoms with Crippen LogP contribution in [-0.4, -0.2) is 30.6 Å². The number of likely N-dealkylation sites (tertiary alicyclic amines) is 1. The smallest absolute Gasteiger partial charge is 0.317 e. The van der Waals surface area contributed by atoms with E-state index in [1.165, 1.54) is 6.42 Å². The molecule has 1 aromatic rings. The Labute approximate surface area is 115 Å². The number of hydrogen-bond acceptors (Lipinski definition) is 2. The third kappa shape index (κ3) is 4.24. The lowest BCUT2D eigenvalue weighted by molar-refractivity contribution is 0.186. The van der Waals surface area contributed by atoms with Gasteiger partial charge in [0.1, 0.15) is 0 Å². The van der Waals surface area contributed by atoms with Crippen LogP contribution in [0.25, 0.3) is 0 Å². The lowest BCUT2D eigenvalue weighted by atomic mass is 10.1. The minimum atomic E-state index is -0.0112. The van der Waals surface area contributed by atoms with Crippen molar-refractivity contribution in [2.24, 2.45) is 5.73 Å². The summed E-state index contributed by atoms with van der Waals surface area (Å²) < 4.78 is 0. The van der Waals surface area contributed by atoms with Crippen molar-refractivity contribution in [3.05, 3.63) is 35.9 Å². The first-order chi connectivity index (χ1) is 9.27. The fraction of sp³-hybridized carbons (Fsp3) is 0.533. The van der Waals surface area contributed by atoms with Gasteiger partial charge in [0.2, 0.25) is 0 Å². The molecule has 1 atom stereocenters. The summed E-state index contributed by atoms with van der Waals surface area (Å²) in [6, 6.07) is 10.0. The van der Waals surface area contributed by atoms with Gasteiger partial charge in [-0.05, 0) is 31.2 Å². The molecule has 0 bridgehead atoms. The number of amides is 2. The van der Waals surface area contributed by atoms with Gasteiger partial charge in [-0.25, -0.2) is 4.79 Å². The highest BCUT2D eigenvalue weighted by molar-refractivity contribution is 5.74. The zero-order chi connectivity index (χ0) is 13.5. The summed E-state index contributed by atoms with van der Waals surface area (Å²) in [5.74, 6) is 0. The Kier molecular flexibility index (Phi) is 5.21. The number of urea groups is 1. The van der Waals surface area contributed by atoms with Gasteiger partial charge in [-0.3, -0.25) is 0 Å². The highest BCUT2D eigenvalue weighted by Gasteiger charge is 2.15. The average molecular weight is 261 g/mol. The van der Waals surface area contributed by atoms with Crippen molar-refractivity contribution in [3.63, 3.8) is 0 Å². The molecule has 3 N–H and O–H groups in total. The molecule has 1 aliphatic rings. The van der Waals surface area contributed by atoms with Crippen molar-refractivity contribution in [1.29, 1.82) is 0 Å². The zero-order valence-electron chi connectivity index (χ0n) is 11.3. The highest BCUT2D eigenvalue weighted by Crippen LogP contribution is 2.12. The van der Waals surface area contributed by atoms with E-state index >= 15 is 0 Å². The minimum absolute atomic E-state index is 0.0112. The van der Waals surface area contributed by atoms with E-state index in [0.717, 1.165) is 37.9 Å². The summed E-state index contributed by atoms with van der Waals surface area (Å²) in [5.41, 5.74) is 7.21. The van der Waals surface area contributed by atoms with Crippen LogP contribution in [0.1, 0.15) is 37.3 Å². The molecule has 1 fully saturated rings. The van der Waals surface area contributed by atoms with Gasteiger partial charge in [-0.2, -0.15) is 0 Å². The number of nitrogens with two attached hydrogens (primary N) is 1. The fourth-order valence-electron chi connectivity index (χ4n) is 2.41. The van der Waals surface area contributed by atoms with E-state index in [9.17, 15) is 4.79 Å². The Morgan fingerprint density at radius 3 is 2.58 bits per heavy atom. The second-order valence-electron chi connectivity index (χ2n) is 5.09. The molecule has 2 rings (SSSR count). The van der Waals surface area contributed by atoms with Crippen LogP contribution >= 0.6 is 0 Å². The summed E-state index contributed by atoms with van der Waals surface area (Å²) in [4.78, 5) is 13.8. The Morgan fingerprint density at radius 2 is 1.89 bits per heavy atom. The molecule has 1 aliphatic heterocycles. The van der Waals surface area contributed by atoms with Gasteiger partial charge >= 0.3 is 6.03 Å². The number of hydrogen-bond donors (Lipinski definition) is 2. The number of nitrogens with zero attached hydrogens (tertiary/aromatic N) is 1. The van der Waals surface area contributed by atoms with E-state index < -0.39 is 0 Å². The summed E-state index contributed by atoms with van der Waals surface area (Å²) in [7, 11) is 0. The number of benzene rings is 1. The van der Waals surface area contributed by atoms with Crippen LogP contribution in [0.15, 0.2) is 30.3 Å². The molecule has 0 radical (unpaired) electrons. The molecule has 4 heteroatoms. The molecule has 1 unspecified atom stereocenters. The van der Waals surface area contributed by atoms with Crippen LogP contribution < -0.4 is 11.1 Å². The maximum atomic E-state index is 11.9. The Hall–Kier alpha value is -1.55. The van der Waals surface area contributed by atoms with E-state index in [4.69, 9.17) is 5.73 Å². The topological polar surface area (TPSA) is 58.4 Å². The van der Waals surface area contributed by atoms with E-state index in [0.29, 0.717) is 6.54 Å².